The lowest BCUT2D eigenvalue weighted by molar-refractivity contribution is 0.202. The van der Waals surface area contributed by atoms with Gasteiger partial charge in [0.25, 0.3) is 5.56 Å². The first-order chi connectivity index (χ1) is 8.36. The van der Waals surface area contributed by atoms with Gasteiger partial charge >= 0.3 is 0 Å². The lowest BCUT2D eigenvalue weighted by Gasteiger charge is -2.24. The van der Waals surface area contributed by atoms with Crippen molar-refractivity contribution in [3.05, 3.63) is 27.4 Å². The highest BCUT2D eigenvalue weighted by Gasteiger charge is 2.19. The van der Waals surface area contributed by atoms with Gasteiger partial charge in [-0.2, -0.15) is 0 Å². The summed E-state index contributed by atoms with van der Waals surface area (Å²) >= 11 is 0. The van der Waals surface area contributed by atoms with Gasteiger partial charge in [0.2, 0.25) is 0 Å². The molecule has 0 aromatic carbocycles. The second-order valence-electron chi connectivity index (χ2n) is 4.99. The molecule has 1 rings (SSSR count). The fourth-order valence-electron chi connectivity index (χ4n) is 2.05. The fourth-order valence-corrected chi connectivity index (χ4v) is 2.05. The summed E-state index contributed by atoms with van der Waals surface area (Å²) in [5.74, 6) is 0.774. The molecule has 3 N–H and O–H groups in total. The molecule has 5 heteroatoms. The predicted octanol–water partition coefficient (Wildman–Crippen LogP) is 1.05. The molecule has 0 aliphatic rings. The number of aromatic nitrogens is 2. The van der Waals surface area contributed by atoms with E-state index in [0.717, 1.165) is 5.69 Å². The highest BCUT2D eigenvalue weighted by atomic mass is 16.3. The van der Waals surface area contributed by atoms with Gasteiger partial charge in [-0.1, -0.05) is 6.92 Å². The Morgan fingerprint density at radius 2 is 1.94 bits per heavy atom. The van der Waals surface area contributed by atoms with E-state index in [0.29, 0.717) is 11.4 Å². The quantitative estimate of drug-likeness (QED) is 0.733. The summed E-state index contributed by atoms with van der Waals surface area (Å²) in [5.41, 5.74) is 1.32. The van der Waals surface area contributed by atoms with Crippen LogP contribution in [-0.2, 0) is 0 Å². The van der Waals surface area contributed by atoms with Crippen molar-refractivity contribution in [2.75, 3.05) is 6.61 Å². The van der Waals surface area contributed by atoms with Crippen LogP contribution in [0.4, 0.5) is 0 Å². The zero-order valence-electron chi connectivity index (χ0n) is 11.7. The van der Waals surface area contributed by atoms with Crippen molar-refractivity contribution in [2.45, 2.75) is 46.7 Å². The lowest BCUT2D eigenvalue weighted by Crippen LogP contribution is -2.38. The number of rotatable bonds is 5. The zero-order valence-corrected chi connectivity index (χ0v) is 11.7. The van der Waals surface area contributed by atoms with Gasteiger partial charge in [-0.3, -0.25) is 4.79 Å². The second kappa shape index (κ2) is 6.11. The third-order valence-corrected chi connectivity index (χ3v) is 3.35. The van der Waals surface area contributed by atoms with Gasteiger partial charge in [-0.25, -0.2) is 4.98 Å². The van der Waals surface area contributed by atoms with Crippen molar-refractivity contribution < 1.29 is 5.11 Å². The largest absolute Gasteiger partial charge is 0.396 e. The maximum Gasteiger partial charge on any atom is 0.255 e. The number of hydrogen-bond donors (Lipinski definition) is 3. The van der Waals surface area contributed by atoms with Crippen LogP contribution in [0.3, 0.4) is 0 Å². The molecular formula is C13H23N3O2. The summed E-state index contributed by atoms with van der Waals surface area (Å²) < 4.78 is 0. The molecule has 0 aliphatic heterocycles. The number of nitrogens with one attached hydrogen (secondary N) is 2. The lowest BCUT2D eigenvalue weighted by atomic mass is 10.0. The SMILES string of the molecule is Cc1nc(C)c(C(C)NC(C)C(C)CO)c(=O)[nH]1. The fraction of sp³-hybridized carbons (Fsp3) is 0.692. The van der Waals surface area contributed by atoms with Crippen LogP contribution in [-0.4, -0.2) is 27.7 Å². The Kier molecular flexibility index (Phi) is 5.04. The van der Waals surface area contributed by atoms with E-state index in [9.17, 15) is 4.79 Å². The van der Waals surface area contributed by atoms with Crippen LogP contribution in [0, 0.1) is 19.8 Å². The molecule has 3 atom stereocenters. The summed E-state index contributed by atoms with van der Waals surface area (Å²) in [6.07, 6.45) is 0. The van der Waals surface area contributed by atoms with Crippen molar-refractivity contribution >= 4 is 0 Å². The van der Waals surface area contributed by atoms with Gasteiger partial charge in [-0.05, 0) is 33.6 Å². The molecule has 0 aliphatic carbocycles. The first-order valence-corrected chi connectivity index (χ1v) is 6.31. The predicted molar refractivity (Wildman–Crippen MR) is 71.6 cm³/mol. The number of aryl methyl sites for hydroxylation is 2. The Bertz CT molecular complexity index is 456. The van der Waals surface area contributed by atoms with E-state index in [1.54, 1.807) is 6.92 Å². The van der Waals surface area contributed by atoms with Crippen molar-refractivity contribution in [1.29, 1.82) is 0 Å². The van der Waals surface area contributed by atoms with E-state index < -0.39 is 0 Å². The van der Waals surface area contributed by atoms with Crippen molar-refractivity contribution in [1.82, 2.24) is 15.3 Å². The summed E-state index contributed by atoms with van der Waals surface area (Å²) in [7, 11) is 0. The molecule has 102 valence electrons. The number of nitrogens with zero attached hydrogens (tertiary/aromatic N) is 1. The third-order valence-electron chi connectivity index (χ3n) is 3.35. The number of H-pyrrole nitrogens is 1. The van der Waals surface area contributed by atoms with Gasteiger partial charge in [0.1, 0.15) is 5.82 Å². The van der Waals surface area contributed by atoms with Crippen LogP contribution in [0.25, 0.3) is 0 Å². The van der Waals surface area contributed by atoms with Crippen molar-refractivity contribution in [3.63, 3.8) is 0 Å². The molecule has 1 aromatic rings. The topological polar surface area (TPSA) is 78.0 Å². The molecule has 1 heterocycles. The van der Waals surface area contributed by atoms with Crippen LogP contribution in [0.15, 0.2) is 4.79 Å². The maximum absolute atomic E-state index is 11.9. The zero-order chi connectivity index (χ0) is 13.9. The maximum atomic E-state index is 11.9. The summed E-state index contributed by atoms with van der Waals surface area (Å²) in [6, 6.07) is 0.0379. The average molecular weight is 253 g/mol. The molecule has 0 saturated heterocycles. The molecule has 0 fully saturated rings. The number of aliphatic hydroxyl groups is 1. The summed E-state index contributed by atoms with van der Waals surface area (Å²) in [4.78, 5) is 18.9. The van der Waals surface area contributed by atoms with Gasteiger partial charge < -0.3 is 15.4 Å². The van der Waals surface area contributed by atoms with Crippen molar-refractivity contribution in [2.24, 2.45) is 5.92 Å². The van der Waals surface area contributed by atoms with Crippen molar-refractivity contribution in [3.8, 4) is 0 Å². The summed E-state index contributed by atoms with van der Waals surface area (Å²) in [6.45, 7) is 9.65. The Balaban J connectivity index is 2.91. The Labute approximate surface area is 108 Å². The van der Waals surface area contributed by atoms with E-state index in [4.69, 9.17) is 5.11 Å². The van der Waals surface area contributed by atoms with Crippen LogP contribution in [0.5, 0.6) is 0 Å². The molecule has 5 nitrogen and oxygen atoms in total. The molecular weight excluding hydrogens is 230 g/mol. The van der Waals surface area contributed by atoms with E-state index in [2.05, 4.69) is 15.3 Å². The number of aromatic amines is 1. The van der Waals surface area contributed by atoms with Crippen LogP contribution in [0.1, 0.15) is 43.9 Å². The first-order valence-electron chi connectivity index (χ1n) is 6.31. The molecule has 0 bridgehead atoms. The minimum Gasteiger partial charge on any atom is -0.396 e. The van der Waals surface area contributed by atoms with E-state index >= 15 is 0 Å². The Hall–Kier alpha value is -1.20. The van der Waals surface area contributed by atoms with Crippen LogP contribution >= 0.6 is 0 Å². The van der Waals surface area contributed by atoms with Gasteiger partial charge in [0, 0.05) is 24.4 Å². The highest BCUT2D eigenvalue weighted by molar-refractivity contribution is 5.20. The molecule has 1 aromatic heterocycles. The smallest absolute Gasteiger partial charge is 0.255 e. The molecule has 0 spiro atoms. The highest BCUT2D eigenvalue weighted by Crippen LogP contribution is 2.13. The average Bonchev–Trinajstić information content (AvgIpc) is 2.26. The number of aliphatic hydroxyl groups excluding tert-OH is 1. The Morgan fingerprint density at radius 3 is 2.44 bits per heavy atom. The molecule has 18 heavy (non-hydrogen) atoms. The van der Waals surface area contributed by atoms with E-state index in [-0.39, 0.29) is 30.2 Å². The van der Waals surface area contributed by atoms with Gasteiger partial charge in [0.05, 0.1) is 5.56 Å². The normalized spacial score (nSPS) is 16.3. The van der Waals surface area contributed by atoms with Gasteiger partial charge in [-0.15, -0.1) is 0 Å². The molecule has 0 saturated carbocycles. The van der Waals surface area contributed by atoms with E-state index in [1.165, 1.54) is 0 Å². The molecule has 0 amide bonds. The minimum atomic E-state index is -0.0937. The van der Waals surface area contributed by atoms with Crippen LogP contribution in [0.2, 0.25) is 0 Å². The third kappa shape index (κ3) is 3.40. The monoisotopic (exact) mass is 253 g/mol. The van der Waals surface area contributed by atoms with Crippen LogP contribution < -0.4 is 10.9 Å². The second-order valence-corrected chi connectivity index (χ2v) is 4.99. The summed E-state index contributed by atoms with van der Waals surface area (Å²) in [5, 5.41) is 12.4. The molecule has 0 radical (unpaired) electrons. The Morgan fingerprint density at radius 1 is 1.33 bits per heavy atom. The number of hydrogen-bond acceptors (Lipinski definition) is 4. The van der Waals surface area contributed by atoms with E-state index in [1.807, 2.05) is 27.7 Å². The van der Waals surface area contributed by atoms with Gasteiger partial charge in [0.15, 0.2) is 0 Å². The standard InChI is InChI=1S/C13H23N3O2/c1-7(6-17)8(2)14-9(3)12-10(4)15-11(5)16-13(12)18/h7-9,14,17H,6H2,1-5H3,(H,15,16,18). The molecule has 3 unspecified atom stereocenters. The first kappa shape index (κ1) is 14.9. The minimum absolute atomic E-state index is 0.0918.